The van der Waals surface area contributed by atoms with Gasteiger partial charge >= 0.3 is 0 Å². The van der Waals surface area contributed by atoms with Crippen LogP contribution >= 0.6 is 0 Å². The van der Waals surface area contributed by atoms with Crippen molar-refractivity contribution >= 4 is 0 Å². The summed E-state index contributed by atoms with van der Waals surface area (Å²) in [4.78, 5) is 0. The fraction of sp³-hybridized carbons (Fsp3) is 0.857. The van der Waals surface area contributed by atoms with Crippen LogP contribution in [0.1, 0.15) is 46.0 Å². The number of allylic oxidation sites excluding steroid dienone is 2. The van der Waals surface area contributed by atoms with Crippen LogP contribution in [-0.4, -0.2) is 0 Å². The summed E-state index contributed by atoms with van der Waals surface area (Å²) in [5.74, 6) is 5.14. The van der Waals surface area contributed by atoms with Crippen LogP contribution < -0.4 is 0 Å². The summed E-state index contributed by atoms with van der Waals surface area (Å²) in [6, 6.07) is 0. The molecule has 1 fully saturated rings. The first kappa shape index (κ1) is 9.00. The second kappa shape index (κ2) is 3.12. The molecule has 0 aliphatic heterocycles. The van der Waals surface area contributed by atoms with Crippen molar-refractivity contribution in [3.63, 3.8) is 0 Å². The minimum Gasteiger partial charge on any atom is -0.0813 e. The Labute approximate surface area is 87.8 Å². The monoisotopic (exact) mass is 190 g/mol. The molecule has 0 nitrogen and oxygen atoms in total. The van der Waals surface area contributed by atoms with Crippen molar-refractivity contribution in [2.75, 3.05) is 0 Å². The Morgan fingerprint density at radius 3 is 2.79 bits per heavy atom. The van der Waals surface area contributed by atoms with E-state index in [1.165, 1.54) is 32.1 Å². The lowest BCUT2D eigenvalue weighted by Gasteiger charge is -2.33. The Morgan fingerprint density at radius 1 is 1.21 bits per heavy atom. The van der Waals surface area contributed by atoms with Crippen molar-refractivity contribution in [2.24, 2.45) is 29.6 Å². The molecule has 3 aliphatic carbocycles. The van der Waals surface area contributed by atoms with Gasteiger partial charge in [-0.15, -0.1) is 0 Å². The van der Waals surface area contributed by atoms with Crippen molar-refractivity contribution in [3.05, 3.63) is 11.6 Å². The minimum absolute atomic E-state index is 0.980. The first-order valence-electron chi connectivity index (χ1n) is 6.56. The quantitative estimate of drug-likeness (QED) is 0.577. The lowest BCUT2D eigenvalue weighted by molar-refractivity contribution is 0.238. The first-order chi connectivity index (χ1) is 6.85. The van der Waals surface area contributed by atoms with Crippen LogP contribution in [0.2, 0.25) is 0 Å². The summed E-state index contributed by atoms with van der Waals surface area (Å²) < 4.78 is 0. The standard InChI is InChI=1S/C14H22/c1-3-9-5-6-12-11-7-10(4-2)13(8-11)14(9)12/h8-12,14H,3-7H2,1-2H3. The van der Waals surface area contributed by atoms with Crippen molar-refractivity contribution in [2.45, 2.75) is 46.0 Å². The zero-order chi connectivity index (χ0) is 9.71. The van der Waals surface area contributed by atoms with E-state index in [0.29, 0.717) is 0 Å². The van der Waals surface area contributed by atoms with Gasteiger partial charge in [-0.05, 0) is 55.3 Å². The summed E-state index contributed by atoms with van der Waals surface area (Å²) in [6.45, 7) is 4.76. The van der Waals surface area contributed by atoms with Gasteiger partial charge in [0.15, 0.2) is 0 Å². The van der Waals surface area contributed by atoms with E-state index in [4.69, 9.17) is 0 Å². The molecule has 0 aromatic carbocycles. The van der Waals surface area contributed by atoms with Crippen molar-refractivity contribution in [1.82, 2.24) is 0 Å². The van der Waals surface area contributed by atoms with E-state index in [-0.39, 0.29) is 0 Å². The molecule has 1 saturated carbocycles. The molecular weight excluding hydrogens is 168 g/mol. The predicted molar refractivity (Wildman–Crippen MR) is 60.0 cm³/mol. The number of hydrogen-bond donors (Lipinski definition) is 0. The molecule has 3 aliphatic rings. The van der Waals surface area contributed by atoms with Gasteiger partial charge in [0.25, 0.3) is 0 Å². The Bertz CT molecular complexity index is 263. The smallest absolute Gasteiger partial charge is 0.0138 e. The number of rotatable bonds is 2. The Hall–Kier alpha value is -0.260. The van der Waals surface area contributed by atoms with Crippen LogP contribution in [-0.2, 0) is 0 Å². The lowest BCUT2D eigenvalue weighted by atomic mass is 9.72. The second-order valence-electron chi connectivity index (χ2n) is 5.61. The van der Waals surface area contributed by atoms with Gasteiger partial charge in [0.2, 0.25) is 0 Å². The average Bonchev–Trinajstić information content (AvgIpc) is 2.87. The molecule has 2 bridgehead atoms. The SMILES string of the molecule is CCC1CC2C=C1C1C(CC)CCC21. The highest BCUT2D eigenvalue weighted by atomic mass is 14.5. The summed E-state index contributed by atoms with van der Waals surface area (Å²) in [5.41, 5.74) is 1.90. The van der Waals surface area contributed by atoms with E-state index in [0.717, 1.165) is 29.6 Å². The molecule has 0 heteroatoms. The van der Waals surface area contributed by atoms with Crippen LogP contribution in [0.3, 0.4) is 0 Å². The first-order valence-corrected chi connectivity index (χ1v) is 6.56. The van der Waals surface area contributed by atoms with Gasteiger partial charge in [-0.1, -0.05) is 31.9 Å². The fourth-order valence-corrected chi connectivity index (χ4v) is 4.57. The van der Waals surface area contributed by atoms with Gasteiger partial charge in [-0.25, -0.2) is 0 Å². The van der Waals surface area contributed by atoms with Crippen molar-refractivity contribution < 1.29 is 0 Å². The van der Waals surface area contributed by atoms with Crippen LogP contribution in [0.15, 0.2) is 11.6 Å². The molecule has 0 spiro atoms. The maximum Gasteiger partial charge on any atom is -0.0138 e. The zero-order valence-corrected chi connectivity index (χ0v) is 9.50. The van der Waals surface area contributed by atoms with E-state index in [2.05, 4.69) is 19.9 Å². The summed E-state index contributed by atoms with van der Waals surface area (Å²) in [6.07, 6.45) is 10.0. The van der Waals surface area contributed by atoms with Gasteiger partial charge in [0.1, 0.15) is 0 Å². The van der Waals surface area contributed by atoms with E-state index in [1.54, 1.807) is 0 Å². The molecule has 14 heavy (non-hydrogen) atoms. The highest BCUT2D eigenvalue weighted by Gasteiger charge is 2.50. The molecule has 5 unspecified atom stereocenters. The van der Waals surface area contributed by atoms with Crippen LogP contribution in [0.25, 0.3) is 0 Å². The molecule has 0 heterocycles. The second-order valence-corrected chi connectivity index (χ2v) is 5.61. The molecule has 0 N–H and O–H groups in total. The molecule has 5 atom stereocenters. The fourth-order valence-electron chi connectivity index (χ4n) is 4.57. The average molecular weight is 190 g/mol. The normalized spacial score (nSPS) is 49.6. The molecule has 0 aromatic heterocycles. The third-order valence-corrected chi connectivity index (χ3v) is 5.23. The van der Waals surface area contributed by atoms with E-state index < -0.39 is 0 Å². The van der Waals surface area contributed by atoms with Gasteiger partial charge < -0.3 is 0 Å². The van der Waals surface area contributed by atoms with E-state index >= 15 is 0 Å². The maximum absolute atomic E-state index is 2.67. The summed E-state index contributed by atoms with van der Waals surface area (Å²) in [5, 5.41) is 0. The summed E-state index contributed by atoms with van der Waals surface area (Å²) in [7, 11) is 0. The molecule has 0 radical (unpaired) electrons. The maximum atomic E-state index is 2.67. The van der Waals surface area contributed by atoms with E-state index in [9.17, 15) is 0 Å². The number of fused-ring (bicyclic) bond motifs is 4. The van der Waals surface area contributed by atoms with Crippen molar-refractivity contribution in [1.29, 1.82) is 0 Å². The van der Waals surface area contributed by atoms with Gasteiger partial charge in [-0.2, -0.15) is 0 Å². The van der Waals surface area contributed by atoms with Crippen LogP contribution in [0.4, 0.5) is 0 Å². The predicted octanol–water partition coefficient (Wildman–Crippen LogP) is 4.02. The van der Waals surface area contributed by atoms with E-state index in [1.807, 2.05) is 5.57 Å². The third kappa shape index (κ3) is 1.00. The van der Waals surface area contributed by atoms with Crippen LogP contribution in [0, 0.1) is 29.6 Å². The largest absolute Gasteiger partial charge is 0.0813 e. The lowest BCUT2D eigenvalue weighted by Crippen LogP contribution is -2.25. The molecule has 3 rings (SSSR count). The number of hydrogen-bond acceptors (Lipinski definition) is 0. The highest BCUT2D eigenvalue weighted by Crippen LogP contribution is 2.60. The van der Waals surface area contributed by atoms with Gasteiger partial charge in [-0.3, -0.25) is 0 Å². The molecular formula is C14H22. The molecule has 0 aromatic rings. The zero-order valence-electron chi connectivity index (χ0n) is 9.50. The molecule has 78 valence electrons. The molecule has 0 saturated heterocycles. The Kier molecular flexibility index (Phi) is 2.00. The third-order valence-electron chi connectivity index (χ3n) is 5.23. The Balaban J connectivity index is 1.86. The highest BCUT2D eigenvalue weighted by molar-refractivity contribution is 5.29. The summed E-state index contributed by atoms with van der Waals surface area (Å²) >= 11 is 0. The Morgan fingerprint density at radius 2 is 2.07 bits per heavy atom. The minimum atomic E-state index is 0.980. The molecule has 0 amide bonds. The van der Waals surface area contributed by atoms with Crippen molar-refractivity contribution in [3.8, 4) is 0 Å². The topological polar surface area (TPSA) is 0 Å². The van der Waals surface area contributed by atoms with Crippen LogP contribution in [0.5, 0.6) is 0 Å². The van der Waals surface area contributed by atoms with Gasteiger partial charge in [0.05, 0.1) is 0 Å². The van der Waals surface area contributed by atoms with Gasteiger partial charge in [0, 0.05) is 0 Å².